The van der Waals surface area contributed by atoms with Crippen molar-refractivity contribution in [3.05, 3.63) is 53.4 Å². The molecule has 6 nitrogen and oxygen atoms in total. The molecule has 2 bridgehead atoms. The number of carbonyl (C=O) groups is 1. The van der Waals surface area contributed by atoms with Crippen molar-refractivity contribution in [2.45, 2.75) is 57.7 Å². The Morgan fingerprint density at radius 2 is 2.12 bits per heavy atom. The summed E-state index contributed by atoms with van der Waals surface area (Å²) in [5.74, 6) is 1.24. The van der Waals surface area contributed by atoms with Gasteiger partial charge in [-0.25, -0.2) is 4.79 Å². The molecule has 2 aliphatic rings. The van der Waals surface area contributed by atoms with Crippen LogP contribution < -0.4 is 0 Å². The summed E-state index contributed by atoms with van der Waals surface area (Å²) in [5, 5.41) is 5.81. The molecule has 4 rings (SSSR count). The molecule has 0 unspecified atom stereocenters. The van der Waals surface area contributed by atoms with Crippen LogP contribution in [0.15, 0.2) is 40.9 Å². The van der Waals surface area contributed by atoms with Gasteiger partial charge in [0.15, 0.2) is 0 Å². The summed E-state index contributed by atoms with van der Waals surface area (Å²) in [4.78, 5) is 20.6. The maximum atomic E-state index is 12.9. The Morgan fingerprint density at radius 3 is 2.88 bits per heavy atom. The molecule has 2 saturated heterocycles. The number of urea groups is 1. The molecule has 2 amide bonds. The summed E-state index contributed by atoms with van der Waals surface area (Å²) >= 11 is 0. The van der Waals surface area contributed by atoms with Gasteiger partial charge in [-0.2, -0.15) is 5.06 Å². The van der Waals surface area contributed by atoms with Gasteiger partial charge in [0, 0.05) is 18.5 Å². The van der Waals surface area contributed by atoms with Gasteiger partial charge >= 0.3 is 6.03 Å². The molecule has 0 saturated carbocycles. The number of benzene rings is 1. The fourth-order valence-corrected chi connectivity index (χ4v) is 3.72. The van der Waals surface area contributed by atoms with Gasteiger partial charge < -0.3 is 9.42 Å². The van der Waals surface area contributed by atoms with Gasteiger partial charge in [-0.15, -0.1) is 0 Å². The highest BCUT2D eigenvalue weighted by molar-refractivity contribution is 5.77. The normalized spacial score (nSPS) is 23.5. The molecule has 6 heteroatoms. The number of hydrogen-bond donors (Lipinski definition) is 0. The number of fused-ring (bicyclic) bond motifs is 2. The minimum Gasteiger partial charge on any atom is -0.361 e. The van der Waals surface area contributed by atoms with Gasteiger partial charge in [-0.1, -0.05) is 49.3 Å². The number of piperidine rings is 1. The van der Waals surface area contributed by atoms with E-state index in [1.165, 1.54) is 0 Å². The summed E-state index contributed by atoms with van der Waals surface area (Å²) in [6.45, 7) is 5.35. The number of hydroxylamine groups is 2. The molecule has 1 aromatic heterocycles. The van der Waals surface area contributed by atoms with Crippen molar-refractivity contribution in [2.24, 2.45) is 0 Å². The van der Waals surface area contributed by atoms with Crippen LogP contribution in [-0.4, -0.2) is 33.7 Å². The number of hydrogen-bond acceptors (Lipinski definition) is 4. The van der Waals surface area contributed by atoms with Crippen molar-refractivity contribution in [2.75, 3.05) is 6.54 Å². The van der Waals surface area contributed by atoms with E-state index < -0.39 is 0 Å². The maximum absolute atomic E-state index is 12.9. The monoisotopic (exact) mass is 355 g/mol. The molecule has 0 spiro atoms. The quantitative estimate of drug-likeness (QED) is 0.777. The first kappa shape index (κ1) is 17.1. The molecule has 3 heterocycles. The molecule has 2 fully saturated rings. The summed E-state index contributed by atoms with van der Waals surface area (Å²) in [5.41, 5.74) is 1.92. The fourth-order valence-electron chi connectivity index (χ4n) is 3.72. The first-order chi connectivity index (χ1) is 12.7. The summed E-state index contributed by atoms with van der Waals surface area (Å²) in [7, 11) is 0. The van der Waals surface area contributed by atoms with Crippen LogP contribution in [0, 0.1) is 0 Å². The first-order valence-electron chi connectivity index (χ1n) is 9.40. The zero-order valence-corrected chi connectivity index (χ0v) is 15.3. The lowest BCUT2D eigenvalue weighted by Gasteiger charge is -2.28. The smallest absolute Gasteiger partial charge is 0.344 e. The van der Waals surface area contributed by atoms with Gasteiger partial charge in [-0.3, -0.25) is 4.84 Å². The number of carbonyl (C=O) groups excluding carboxylic acids is 1. The average molecular weight is 355 g/mol. The third kappa shape index (κ3) is 3.09. The van der Waals surface area contributed by atoms with Gasteiger partial charge in [0.2, 0.25) is 0 Å². The maximum Gasteiger partial charge on any atom is 0.344 e. The topological polar surface area (TPSA) is 58.8 Å². The molecule has 0 radical (unpaired) electrons. The van der Waals surface area contributed by atoms with Crippen LogP contribution in [0.3, 0.4) is 0 Å². The van der Waals surface area contributed by atoms with Crippen LogP contribution in [-0.2, 0) is 11.4 Å². The van der Waals surface area contributed by atoms with Crippen LogP contribution in [0.2, 0.25) is 0 Å². The van der Waals surface area contributed by atoms with E-state index in [2.05, 4.69) is 19.0 Å². The van der Waals surface area contributed by atoms with Crippen LogP contribution in [0.5, 0.6) is 0 Å². The summed E-state index contributed by atoms with van der Waals surface area (Å²) < 4.78 is 5.51. The summed E-state index contributed by atoms with van der Waals surface area (Å²) in [6.07, 6.45) is 2.80. The van der Waals surface area contributed by atoms with E-state index in [-0.39, 0.29) is 18.1 Å². The predicted octanol–water partition coefficient (Wildman–Crippen LogP) is 4.26. The molecule has 26 heavy (non-hydrogen) atoms. The van der Waals surface area contributed by atoms with Crippen molar-refractivity contribution in [1.82, 2.24) is 15.1 Å². The lowest BCUT2D eigenvalue weighted by atomic mass is 9.97. The van der Waals surface area contributed by atoms with E-state index in [1.54, 1.807) is 5.06 Å². The Morgan fingerprint density at radius 1 is 1.31 bits per heavy atom. The lowest BCUT2D eigenvalue weighted by Crippen LogP contribution is -2.34. The van der Waals surface area contributed by atoms with Crippen LogP contribution in [0.25, 0.3) is 0 Å². The molecule has 2 aromatic rings. The van der Waals surface area contributed by atoms with E-state index >= 15 is 0 Å². The van der Waals surface area contributed by atoms with Crippen molar-refractivity contribution in [3.63, 3.8) is 0 Å². The van der Waals surface area contributed by atoms with E-state index in [0.717, 1.165) is 36.3 Å². The van der Waals surface area contributed by atoms with Gasteiger partial charge in [0.25, 0.3) is 0 Å². The van der Waals surface area contributed by atoms with Crippen LogP contribution in [0.4, 0.5) is 4.79 Å². The minimum atomic E-state index is -0.0680. The van der Waals surface area contributed by atoms with Crippen molar-refractivity contribution >= 4 is 6.03 Å². The third-order valence-electron chi connectivity index (χ3n) is 5.52. The zero-order chi connectivity index (χ0) is 18.1. The summed E-state index contributed by atoms with van der Waals surface area (Å²) in [6, 6.07) is 12.0. The predicted molar refractivity (Wildman–Crippen MR) is 96.1 cm³/mol. The second-order valence-electron chi connectivity index (χ2n) is 7.23. The minimum absolute atomic E-state index is 0.0226. The second-order valence-corrected chi connectivity index (χ2v) is 7.23. The van der Waals surface area contributed by atoms with E-state index in [1.807, 2.05) is 41.3 Å². The molecule has 0 aliphatic carbocycles. The Hall–Kier alpha value is -2.34. The zero-order valence-electron chi connectivity index (χ0n) is 15.3. The van der Waals surface area contributed by atoms with Crippen molar-refractivity contribution in [3.8, 4) is 0 Å². The molecule has 1 aromatic carbocycles. The SMILES string of the molecule is CC[C@H](C)c1cc([C@@H]2CC[C@@H]3CN2C(=O)N3OCc2ccccc2)no1. The fraction of sp³-hybridized carbons (Fsp3) is 0.500. The Kier molecular flexibility index (Phi) is 4.68. The Balaban J connectivity index is 1.45. The highest BCUT2D eigenvalue weighted by Gasteiger charge is 2.46. The molecule has 0 N–H and O–H groups in total. The molecule has 138 valence electrons. The van der Waals surface area contributed by atoms with Gasteiger partial charge in [0.05, 0.1) is 12.1 Å². The van der Waals surface area contributed by atoms with Crippen molar-refractivity contribution < 1.29 is 14.2 Å². The standard InChI is InChI=1S/C20H25N3O3/c1-3-14(2)19-11-17(21-26-19)18-10-9-16-12-22(18)20(24)23(16)25-13-15-7-5-4-6-8-15/h4-8,11,14,16,18H,3,9-10,12-13H2,1-2H3/t14-,16+,18-/m0/s1. The lowest BCUT2D eigenvalue weighted by molar-refractivity contribution is -0.140. The molecule has 2 aliphatic heterocycles. The van der Waals surface area contributed by atoms with Crippen molar-refractivity contribution in [1.29, 1.82) is 0 Å². The molecule has 3 atom stereocenters. The third-order valence-corrected chi connectivity index (χ3v) is 5.52. The number of amides is 2. The number of aromatic nitrogens is 1. The van der Waals surface area contributed by atoms with E-state index in [9.17, 15) is 4.79 Å². The van der Waals surface area contributed by atoms with Gasteiger partial charge in [0.1, 0.15) is 18.1 Å². The van der Waals surface area contributed by atoms with E-state index in [4.69, 9.17) is 9.36 Å². The molecular weight excluding hydrogens is 330 g/mol. The highest BCUT2D eigenvalue weighted by Crippen LogP contribution is 2.39. The second kappa shape index (κ2) is 7.11. The molecular formula is C20H25N3O3. The van der Waals surface area contributed by atoms with Gasteiger partial charge in [-0.05, 0) is 24.8 Å². The van der Waals surface area contributed by atoms with Crippen LogP contribution in [0.1, 0.15) is 62.1 Å². The Bertz CT molecular complexity index is 761. The Labute approximate surface area is 153 Å². The average Bonchev–Trinajstić information content (AvgIpc) is 3.26. The van der Waals surface area contributed by atoms with E-state index in [0.29, 0.717) is 19.1 Å². The first-order valence-corrected chi connectivity index (χ1v) is 9.40. The number of rotatable bonds is 6. The number of nitrogens with zero attached hydrogens (tertiary/aromatic N) is 3. The largest absolute Gasteiger partial charge is 0.361 e. The van der Waals surface area contributed by atoms with Crippen LogP contribution >= 0.6 is 0 Å². The highest BCUT2D eigenvalue weighted by atomic mass is 16.7.